The minimum absolute atomic E-state index is 0.145. The lowest BCUT2D eigenvalue weighted by Crippen LogP contribution is -2.18. The average Bonchev–Trinajstić information content (AvgIpc) is 2.42. The maximum absolute atomic E-state index is 5.77. The maximum Gasteiger partial charge on any atom is 0.275 e. The molecule has 0 aliphatic rings. The first-order chi connectivity index (χ1) is 9.15. The molecule has 102 valence electrons. The number of nitrogens with zero attached hydrogens (tertiary/aromatic N) is 1. The highest BCUT2D eigenvalue weighted by molar-refractivity contribution is 7.98. The number of ether oxygens (including phenoxy) is 1. The standard InChI is InChI=1S/C16H21NOS/c1-5-14(12-13(3)4)18-16(6-2)17-19-15-10-8-7-9-11-15/h2,7-11,13-14H,5,12H2,1,3-4H3. The molecule has 0 aliphatic heterocycles. The molecule has 0 spiro atoms. The fourth-order valence-electron chi connectivity index (χ4n) is 1.64. The Morgan fingerprint density at radius 1 is 1.37 bits per heavy atom. The molecule has 1 aromatic rings. The van der Waals surface area contributed by atoms with Crippen LogP contribution in [0.15, 0.2) is 39.6 Å². The Morgan fingerprint density at radius 2 is 2.05 bits per heavy atom. The molecule has 1 unspecified atom stereocenters. The van der Waals surface area contributed by atoms with Gasteiger partial charge >= 0.3 is 0 Å². The van der Waals surface area contributed by atoms with Crippen molar-refractivity contribution in [1.82, 2.24) is 0 Å². The van der Waals surface area contributed by atoms with Gasteiger partial charge in [0, 0.05) is 16.8 Å². The summed E-state index contributed by atoms with van der Waals surface area (Å²) in [5, 5.41) is 0. The zero-order chi connectivity index (χ0) is 14.1. The van der Waals surface area contributed by atoms with Crippen LogP contribution < -0.4 is 0 Å². The largest absolute Gasteiger partial charge is 0.468 e. The first kappa shape index (κ1) is 15.7. The summed E-state index contributed by atoms with van der Waals surface area (Å²) in [5.74, 6) is 3.48. The van der Waals surface area contributed by atoms with Crippen LogP contribution in [0.25, 0.3) is 0 Å². The van der Waals surface area contributed by atoms with Crippen molar-refractivity contribution in [3.05, 3.63) is 30.3 Å². The van der Waals surface area contributed by atoms with Crippen LogP contribution in [0, 0.1) is 18.3 Å². The molecule has 0 aliphatic carbocycles. The number of benzene rings is 1. The Morgan fingerprint density at radius 3 is 2.58 bits per heavy atom. The van der Waals surface area contributed by atoms with Crippen LogP contribution in [-0.4, -0.2) is 12.0 Å². The zero-order valence-corrected chi connectivity index (χ0v) is 12.6. The van der Waals surface area contributed by atoms with E-state index in [2.05, 4.69) is 31.1 Å². The normalized spacial score (nSPS) is 13.1. The summed E-state index contributed by atoms with van der Waals surface area (Å²) in [6.07, 6.45) is 7.53. The average molecular weight is 275 g/mol. The van der Waals surface area contributed by atoms with Crippen molar-refractivity contribution in [3.8, 4) is 12.3 Å². The molecule has 1 aromatic carbocycles. The fraction of sp³-hybridized carbons (Fsp3) is 0.438. The number of hydrogen-bond acceptors (Lipinski definition) is 3. The van der Waals surface area contributed by atoms with Gasteiger partial charge in [0.15, 0.2) is 0 Å². The molecule has 1 atom stereocenters. The lowest BCUT2D eigenvalue weighted by molar-refractivity contribution is 0.161. The molecule has 0 amide bonds. The molecule has 0 aromatic heterocycles. The van der Waals surface area contributed by atoms with Gasteiger partial charge in [0.2, 0.25) is 0 Å². The van der Waals surface area contributed by atoms with Crippen LogP contribution >= 0.6 is 11.9 Å². The molecule has 0 saturated carbocycles. The molecule has 0 N–H and O–H groups in total. The molecular weight excluding hydrogens is 254 g/mol. The predicted octanol–water partition coefficient (Wildman–Crippen LogP) is 4.57. The number of hydrogen-bond donors (Lipinski definition) is 0. The molecule has 19 heavy (non-hydrogen) atoms. The summed E-state index contributed by atoms with van der Waals surface area (Å²) in [4.78, 5) is 1.05. The van der Waals surface area contributed by atoms with Crippen LogP contribution in [0.3, 0.4) is 0 Å². The third-order valence-electron chi connectivity index (χ3n) is 2.57. The Kier molecular flexibility index (Phi) is 7.14. The van der Waals surface area contributed by atoms with Crippen molar-refractivity contribution in [2.45, 2.75) is 44.6 Å². The zero-order valence-electron chi connectivity index (χ0n) is 11.8. The van der Waals surface area contributed by atoms with Gasteiger partial charge in [-0.2, -0.15) is 4.40 Å². The molecule has 1 rings (SSSR count). The highest BCUT2D eigenvalue weighted by atomic mass is 32.2. The molecule has 0 saturated heterocycles. The van der Waals surface area contributed by atoms with Crippen molar-refractivity contribution in [3.63, 3.8) is 0 Å². The monoisotopic (exact) mass is 275 g/mol. The van der Waals surface area contributed by atoms with Gasteiger partial charge in [-0.05, 0) is 36.8 Å². The summed E-state index contributed by atoms with van der Waals surface area (Å²) in [6.45, 7) is 6.46. The van der Waals surface area contributed by atoms with Gasteiger partial charge < -0.3 is 4.74 Å². The molecule has 3 heteroatoms. The van der Waals surface area contributed by atoms with Crippen molar-refractivity contribution in [2.75, 3.05) is 0 Å². The van der Waals surface area contributed by atoms with Gasteiger partial charge in [-0.3, -0.25) is 0 Å². The highest BCUT2D eigenvalue weighted by Gasteiger charge is 2.11. The lowest BCUT2D eigenvalue weighted by Gasteiger charge is -2.18. The number of rotatable bonds is 6. The second-order valence-corrected chi connectivity index (χ2v) is 5.56. The van der Waals surface area contributed by atoms with E-state index in [4.69, 9.17) is 11.2 Å². The Bertz CT molecular complexity index is 434. The van der Waals surface area contributed by atoms with Crippen LogP contribution in [0.4, 0.5) is 0 Å². The summed E-state index contributed by atoms with van der Waals surface area (Å²) in [5.41, 5.74) is 0. The smallest absolute Gasteiger partial charge is 0.275 e. The predicted molar refractivity (Wildman–Crippen MR) is 83.2 cm³/mol. The quantitative estimate of drug-likeness (QED) is 0.328. The summed E-state index contributed by atoms with van der Waals surface area (Å²) >= 11 is 1.34. The maximum atomic E-state index is 5.77. The van der Waals surface area contributed by atoms with Crippen molar-refractivity contribution < 1.29 is 4.74 Å². The van der Waals surface area contributed by atoms with Crippen LogP contribution in [0.5, 0.6) is 0 Å². The van der Waals surface area contributed by atoms with E-state index in [1.807, 2.05) is 30.3 Å². The first-order valence-corrected chi connectivity index (χ1v) is 7.36. The highest BCUT2D eigenvalue weighted by Crippen LogP contribution is 2.19. The van der Waals surface area contributed by atoms with Gasteiger partial charge in [-0.15, -0.1) is 6.42 Å². The Labute approximate surface area is 120 Å². The molecule has 0 bridgehead atoms. The summed E-state index contributed by atoms with van der Waals surface area (Å²) in [7, 11) is 0. The third-order valence-corrected chi connectivity index (χ3v) is 3.31. The van der Waals surface area contributed by atoms with E-state index in [-0.39, 0.29) is 6.10 Å². The molecule has 2 nitrogen and oxygen atoms in total. The minimum atomic E-state index is 0.145. The van der Waals surface area contributed by atoms with E-state index < -0.39 is 0 Å². The Balaban J connectivity index is 2.59. The van der Waals surface area contributed by atoms with E-state index >= 15 is 0 Å². The Hall–Kier alpha value is -1.40. The first-order valence-electron chi connectivity index (χ1n) is 6.59. The van der Waals surface area contributed by atoms with Crippen LogP contribution in [-0.2, 0) is 4.74 Å². The van der Waals surface area contributed by atoms with E-state index in [1.165, 1.54) is 11.9 Å². The molecule has 0 fully saturated rings. The molecular formula is C16H21NOS. The van der Waals surface area contributed by atoms with Crippen LogP contribution in [0.2, 0.25) is 0 Å². The van der Waals surface area contributed by atoms with E-state index in [0.717, 1.165) is 17.7 Å². The molecule has 0 heterocycles. The van der Waals surface area contributed by atoms with Crippen LogP contribution in [0.1, 0.15) is 33.6 Å². The van der Waals surface area contributed by atoms with Gasteiger partial charge in [0.05, 0.1) is 0 Å². The third kappa shape index (κ3) is 6.35. The second kappa shape index (κ2) is 8.66. The lowest BCUT2D eigenvalue weighted by atomic mass is 10.0. The van der Waals surface area contributed by atoms with Crippen molar-refractivity contribution in [2.24, 2.45) is 10.3 Å². The van der Waals surface area contributed by atoms with Gasteiger partial charge in [0.25, 0.3) is 5.90 Å². The summed E-state index contributed by atoms with van der Waals surface area (Å²) < 4.78 is 10.1. The number of terminal acetylenes is 1. The van der Waals surface area contributed by atoms with E-state index in [9.17, 15) is 0 Å². The summed E-state index contributed by atoms with van der Waals surface area (Å²) in [6, 6.07) is 9.91. The van der Waals surface area contributed by atoms with Gasteiger partial charge in [-0.25, -0.2) is 0 Å². The van der Waals surface area contributed by atoms with Crippen molar-refractivity contribution >= 4 is 17.8 Å². The second-order valence-electron chi connectivity index (χ2n) is 4.72. The van der Waals surface area contributed by atoms with E-state index in [0.29, 0.717) is 11.8 Å². The molecule has 0 radical (unpaired) electrons. The minimum Gasteiger partial charge on any atom is -0.468 e. The topological polar surface area (TPSA) is 21.6 Å². The van der Waals surface area contributed by atoms with Gasteiger partial charge in [-0.1, -0.05) is 39.0 Å². The van der Waals surface area contributed by atoms with E-state index in [1.54, 1.807) is 0 Å². The van der Waals surface area contributed by atoms with Gasteiger partial charge in [0.1, 0.15) is 6.10 Å². The fourth-order valence-corrected chi connectivity index (χ4v) is 2.20. The SMILES string of the molecule is C#CC(=NSc1ccccc1)OC(CC)CC(C)C. The van der Waals surface area contributed by atoms with Crippen molar-refractivity contribution in [1.29, 1.82) is 0 Å².